The number of halogens is 3. The topological polar surface area (TPSA) is 73.1 Å². The molecule has 0 aromatic heterocycles. The molecule has 1 atom stereocenters. The van der Waals surface area contributed by atoms with Gasteiger partial charge in [0.1, 0.15) is 0 Å². The first kappa shape index (κ1) is 17.5. The summed E-state index contributed by atoms with van der Waals surface area (Å²) in [6.07, 6.45) is -5.58. The zero-order valence-electron chi connectivity index (χ0n) is 12.3. The maximum atomic E-state index is 12.5. The number of nitrogens with zero attached hydrogens (tertiary/aromatic N) is 1. The Morgan fingerprint density at radius 1 is 1.21 bits per heavy atom. The van der Waals surface area contributed by atoms with Crippen LogP contribution in [0.2, 0.25) is 0 Å². The lowest BCUT2D eigenvalue weighted by Crippen LogP contribution is -2.28. The molecule has 0 bridgehead atoms. The molecule has 2 aromatic rings. The Morgan fingerprint density at radius 2 is 1.88 bits per heavy atom. The fourth-order valence-corrected chi connectivity index (χ4v) is 2.03. The molecule has 4 nitrogen and oxygen atoms in total. The van der Waals surface area contributed by atoms with Gasteiger partial charge < -0.3 is 10.4 Å². The molecule has 2 aromatic carbocycles. The van der Waals surface area contributed by atoms with Crippen LogP contribution in [0.15, 0.2) is 48.5 Å². The average Bonchev–Trinajstić information content (AvgIpc) is 2.58. The predicted molar refractivity (Wildman–Crippen MR) is 79.9 cm³/mol. The summed E-state index contributed by atoms with van der Waals surface area (Å²) < 4.78 is 37.4. The van der Waals surface area contributed by atoms with E-state index in [0.717, 1.165) is 24.3 Å². The first-order valence-electron chi connectivity index (χ1n) is 6.95. The molecular weight excluding hydrogens is 321 g/mol. The molecule has 0 aliphatic rings. The van der Waals surface area contributed by atoms with E-state index in [-0.39, 0.29) is 17.7 Å². The van der Waals surface area contributed by atoms with Gasteiger partial charge in [0.25, 0.3) is 5.91 Å². The van der Waals surface area contributed by atoms with E-state index >= 15 is 0 Å². The first-order chi connectivity index (χ1) is 11.3. The number of aliphatic hydroxyl groups excluding tert-OH is 1. The number of rotatable bonds is 4. The highest BCUT2D eigenvalue weighted by atomic mass is 19.4. The van der Waals surface area contributed by atoms with Crippen LogP contribution in [-0.4, -0.2) is 17.6 Å². The molecule has 0 heterocycles. The maximum Gasteiger partial charge on any atom is 0.416 e. The molecule has 0 aliphatic carbocycles. The molecule has 7 heteroatoms. The van der Waals surface area contributed by atoms with E-state index in [4.69, 9.17) is 5.26 Å². The van der Waals surface area contributed by atoms with Crippen LogP contribution in [0.25, 0.3) is 0 Å². The Kier molecular flexibility index (Phi) is 5.21. The van der Waals surface area contributed by atoms with E-state index < -0.39 is 23.8 Å². The predicted octanol–water partition coefficient (Wildman–Crippen LogP) is 3.04. The summed E-state index contributed by atoms with van der Waals surface area (Å²) in [6.45, 7) is -0.166. The summed E-state index contributed by atoms with van der Waals surface area (Å²) in [6, 6.07) is 12.0. The van der Waals surface area contributed by atoms with Gasteiger partial charge in [-0.2, -0.15) is 18.4 Å². The van der Waals surface area contributed by atoms with Crippen molar-refractivity contribution >= 4 is 5.91 Å². The van der Waals surface area contributed by atoms with Crippen LogP contribution in [0.3, 0.4) is 0 Å². The molecule has 0 aliphatic heterocycles. The molecule has 1 amide bonds. The van der Waals surface area contributed by atoms with Crippen molar-refractivity contribution in [2.45, 2.75) is 12.3 Å². The smallest absolute Gasteiger partial charge is 0.387 e. The minimum Gasteiger partial charge on any atom is -0.387 e. The second-order valence-electron chi connectivity index (χ2n) is 5.04. The zero-order valence-corrected chi connectivity index (χ0v) is 12.3. The van der Waals surface area contributed by atoms with Crippen molar-refractivity contribution in [1.82, 2.24) is 5.32 Å². The number of carbonyl (C=O) groups excluding carboxylic acids is 1. The fourth-order valence-electron chi connectivity index (χ4n) is 2.03. The van der Waals surface area contributed by atoms with Crippen molar-refractivity contribution in [2.75, 3.05) is 6.54 Å². The van der Waals surface area contributed by atoms with Crippen molar-refractivity contribution < 1.29 is 23.1 Å². The molecule has 0 radical (unpaired) electrons. The number of amides is 1. The summed E-state index contributed by atoms with van der Waals surface area (Å²) >= 11 is 0. The molecule has 0 unspecified atom stereocenters. The van der Waals surface area contributed by atoms with Crippen LogP contribution < -0.4 is 5.32 Å². The largest absolute Gasteiger partial charge is 0.416 e. The van der Waals surface area contributed by atoms with E-state index in [9.17, 15) is 23.1 Å². The monoisotopic (exact) mass is 334 g/mol. The van der Waals surface area contributed by atoms with E-state index in [0.29, 0.717) is 5.56 Å². The first-order valence-corrected chi connectivity index (χ1v) is 6.95. The SMILES string of the molecule is N#Cc1cccc(C(=O)NC[C@H](O)c2ccc(C(F)(F)F)cc2)c1. The van der Waals surface area contributed by atoms with Gasteiger partial charge in [0.2, 0.25) is 0 Å². The van der Waals surface area contributed by atoms with Gasteiger partial charge in [0, 0.05) is 12.1 Å². The molecule has 24 heavy (non-hydrogen) atoms. The van der Waals surface area contributed by atoms with Gasteiger partial charge in [0.15, 0.2) is 0 Å². The Balaban J connectivity index is 1.98. The van der Waals surface area contributed by atoms with Gasteiger partial charge in [-0.3, -0.25) is 4.79 Å². The number of nitrogens with one attached hydrogen (secondary N) is 1. The number of nitriles is 1. The fraction of sp³-hybridized carbons (Fsp3) is 0.176. The van der Waals surface area contributed by atoms with Crippen LogP contribution >= 0.6 is 0 Å². The average molecular weight is 334 g/mol. The number of aliphatic hydroxyl groups is 1. The third-order valence-electron chi connectivity index (χ3n) is 3.33. The van der Waals surface area contributed by atoms with Crippen molar-refractivity contribution in [2.24, 2.45) is 0 Å². The zero-order chi connectivity index (χ0) is 17.7. The van der Waals surface area contributed by atoms with Crippen LogP contribution in [0.4, 0.5) is 13.2 Å². The van der Waals surface area contributed by atoms with Gasteiger partial charge in [-0.25, -0.2) is 0 Å². The number of alkyl halides is 3. The second kappa shape index (κ2) is 7.15. The molecular formula is C17H13F3N2O2. The molecule has 2 N–H and O–H groups in total. The van der Waals surface area contributed by atoms with E-state index in [2.05, 4.69) is 5.32 Å². The Morgan fingerprint density at radius 3 is 2.46 bits per heavy atom. The highest BCUT2D eigenvalue weighted by Gasteiger charge is 2.30. The lowest BCUT2D eigenvalue weighted by molar-refractivity contribution is -0.137. The number of benzene rings is 2. The maximum absolute atomic E-state index is 12.5. The molecule has 0 spiro atoms. The van der Waals surface area contributed by atoms with Crippen LogP contribution in [0.1, 0.15) is 33.2 Å². The van der Waals surface area contributed by atoms with Gasteiger partial charge in [0.05, 0.1) is 23.3 Å². The van der Waals surface area contributed by atoms with Gasteiger partial charge in [-0.05, 0) is 35.9 Å². The minimum absolute atomic E-state index is 0.166. The van der Waals surface area contributed by atoms with E-state index in [1.54, 1.807) is 12.1 Å². The van der Waals surface area contributed by atoms with E-state index in [1.165, 1.54) is 12.1 Å². The Labute approximate surface area is 136 Å². The highest BCUT2D eigenvalue weighted by molar-refractivity contribution is 5.94. The standard InChI is InChI=1S/C17H13F3N2O2/c18-17(19,20)14-6-4-12(5-7-14)15(23)10-22-16(24)13-3-1-2-11(8-13)9-21/h1-8,15,23H,10H2,(H,22,24)/t15-/m0/s1. The molecule has 0 saturated carbocycles. The number of carbonyl (C=O) groups is 1. The Hall–Kier alpha value is -2.85. The Bertz CT molecular complexity index is 765. The minimum atomic E-state index is -4.44. The summed E-state index contributed by atoms with van der Waals surface area (Å²) in [5, 5.41) is 21.2. The third-order valence-corrected chi connectivity index (χ3v) is 3.33. The van der Waals surface area contributed by atoms with Crippen LogP contribution in [-0.2, 0) is 6.18 Å². The van der Waals surface area contributed by atoms with Gasteiger partial charge in [-0.15, -0.1) is 0 Å². The van der Waals surface area contributed by atoms with Crippen LogP contribution in [0.5, 0.6) is 0 Å². The van der Waals surface area contributed by atoms with Crippen molar-refractivity contribution in [1.29, 1.82) is 5.26 Å². The van der Waals surface area contributed by atoms with Crippen molar-refractivity contribution in [3.63, 3.8) is 0 Å². The summed E-state index contributed by atoms with van der Waals surface area (Å²) in [7, 11) is 0. The van der Waals surface area contributed by atoms with Crippen LogP contribution in [0, 0.1) is 11.3 Å². The number of hydrogen-bond donors (Lipinski definition) is 2. The van der Waals surface area contributed by atoms with E-state index in [1.807, 2.05) is 6.07 Å². The summed E-state index contributed by atoms with van der Waals surface area (Å²) in [5.74, 6) is -0.488. The summed E-state index contributed by atoms with van der Waals surface area (Å²) in [4.78, 5) is 12.0. The third kappa shape index (κ3) is 4.33. The lowest BCUT2D eigenvalue weighted by Gasteiger charge is -2.14. The van der Waals surface area contributed by atoms with Gasteiger partial charge >= 0.3 is 6.18 Å². The molecule has 0 fully saturated rings. The molecule has 2 rings (SSSR count). The lowest BCUT2D eigenvalue weighted by atomic mass is 10.1. The van der Waals surface area contributed by atoms with Gasteiger partial charge in [-0.1, -0.05) is 18.2 Å². The highest BCUT2D eigenvalue weighted by Crippen LogP contribution is 2.29. The summed E-state index contributed by atoms with van der Waals surface area (Å²) in [5.41, 5.74) is 0.0319. The quantitative estimate of drug-likeness (QED) is 0.903. The second-order valence-corrected chi connectivity index (χ2v) is 5.04. The molecule has 124 valence electrons. The normalized spacial score (nSPS) is 12.3. The number of hydrogen-bond acceptors (Lipinski definition) is 3. The van der Waals surface area contributed by atoms with Crippen molar-refractivity contribution in [3.05, 3.63) is 70.8 Å². The van der Waals surface area contributed by atoms with Crippen molar-refractivity contribution in [3.8, 4) is 6.07 Å². The molecule has 0 saturated heterocycles.